The summed E-state index contributed by atoms with van der Waals surface area (Å²) in [6, 6.07) is 11.0. The molecule has 0 saturated heterocycles. The lowest BCUT2D eigenvalue weighted by Crippen LogP contribution is -2.24. The lowest BCUT2D eigenvalue weighted by molar-refractivity contribution is 0.624. The van der Waals surface area contributed by atoms with E-state index in [1.807, 2.05) is 36.1 Å². The summed E-state index contributed by atoms with van der Waals surface area (Å²) in [5.41, 5.74) is 3.45. The lowest BCUT2D eigenvalue weighted by atomic mass is 10.1. The number of aliphatic imine (C=N–C) groups is 1. The molecule has 0 spiro atoms. The van der Waals surface area contributed by atoms with Gasteiger partial charge in [0.1, 0.15) is 12.5 Å². The number of fused-ring (bicyclic) bond motifs is 1. The summed E-state index contributed by atoms with van der Waals surface area (Å²) in [6.45, 7) is 2.45. The summed E-state index contributed by atoms with van der Waals surface area (Å²) in [6.07, 6.45) is 1.72. The number of anilines is 2. The Morgan fingerprint density at radius 2 is 2.00 bits per heavy atom. The Balaban J connectivity index is 2.19. The van der Waals surface area contributed by atoms with Gasteiger partial charge in [0.25, 0.3) is 0 Å². The first kappa shape index (κ1) is 12.4. The standard InChI is InChI=1S/C15H12BrFN2/c1-10-12(16)5-3-7-14(10)19-9-18-8-11-4-2-6-13(17)15(11)19/h2-8H,9H2,1H3. The molecule has 19 heavy (non-hydrogen) atoms. The third-order valence-electron chi connectivity index (χ3n) is 3.27. The van der Waals surface area contributed by atoms with Crippen molar-refractivity contribution in [3.8, 4) is 0 Å². The second-order valence-electron chi connectivity index (χ2n) is 4.44. The average molecular weight is 319 g/mol. The Morgan fingerprint density at radius 1 is 1.21 bits per heavy atom. The number of halogens is 2. The largest absolute Gasteiger partial charge is 0.318 e. The fourth-order valence-electron chi connectivity index (χ4n) is 2.30. The molecule has 0 N–H and O–H groups in total. The number of hydrogen-bond acceptors (Lipinski definition) is 2. The molecule has 2 aromatic carbocycles. The van der Waals surface area contributed by atoms with E-state index < -0.39 is 0 Å². The van der Waals surface area contributed by atoms with Crippen molar-refractivity contribution in [2.45, 2.75) is 6.92 Å². The molecule has 0 radical (unpaired) electrons. The van der Waals surface area contributed by atoms with Gasteiger partial charge in [-0.15, -0.1) is 0 Å². The molecule has 1 aliphatic heterocycles. The predicted molar refractivity (Wildman–Crippen MR) is 79.9 cm³/mol. The molecular formula is C15H12BrFN2. The number of hydrogen-bond donors (Lipinski definition) is 0. The normalized spacial score (nSPS) is 13.5. The summed E-state index contributed by atoms with van der Waals surface area (Å²) in [5, 5.41) is 0. The SMILES string of the molecule is Cc1c(Br)cccc1N1CN=Cc2cccc(F)c21. The van der Waals surface area contributed by atoms with Crippen LogP contribution in [-0.2, 0) is 0 Å². The molecule has 0 aliphatic carbocycles. The van der Waals surface area contributed by atoms with E-state index in [4.69, 9.17) is 0 Å². The first-order valence-corrected chi connectivity index (χ1v) is 6.79. The smallest absolute Gasteiger partial charge is 0.147 e. The van der Waals surface area contributed by atoms with Crippen LogP contribution in [0.4, 0.5) is 15.8 Å². The second kappa shape index (κ2) is 4.78. The van der Waals surface area contributed by atoms with Gasteiger partial charge in [0.15, 0.2) is 0 Å². The molecule has 0 aromatic heterocycles. The Labute approximate surface area is 119 Å². The molecule has 0 unspecified atom stereocenters. The van der Waals surface area contributed by atoms with Gasteiger partial charge in [-0.2, -0.15) is 0 Å². The average Bonchev–Trinajstić information content (AvgIpc) is 2.42. The highest BCUT2D eigenvalue weighted by molar-refractivity contribution is 9.10. The van der Waals surface area contributed by atoms with E-state index in [0.29, 0.717) is 12.4 Å². The molecule has 1 aliphatic rings. The zero-order chi connectivity index (χ0) is 13.4. The molecule has 0 fully saturated rings. The zero-order valence-corrected chi connectivity index (χ0v) is 12.0. The summed E-state index contributed by atoms with van der Waals surface area (Å²) < 4.78 is 15.1. The molecule has 2 nitrogen and oxygen atoms in total. The van der Waals surface area contributed by atoms with E-state index >= 15 is 0 Å². The van der Waals surface area contributed by atoms with E-state index in [1.54, 1.807) is 12.3 Å². The van der Waals surface area contributed by atoms with Crippen molar-refractivity contribution >= 4 is 33.5 Å². The minimum Gasteiger partial charge on any atom is -0.318 e. The molecule has 0 bridgehead atoms. The van der Waals surface area contributed by atoms with Crippen molar-refractivity contribution in [2.24, 2.45) is 4.99 Å². The Morgan fingerprint density at radius 3 is 2.84 bits per heavy atom. The number of benzene rings is 2. The van der Waals surface area contributed by atoms with E-state index in [2.05, 4.69) is 20.9 Å². The van der Waals surface area contributed by atoms with Gasteiger partial charge < -0.3 is 4.90 Å². The van der Waals surface area contributed by atoms with Crippen molar-refractivity contribution in [1.82, 2.24) is 0 Å². The summed E-state index contributed by atoms with van der Waals surface area (Å²) in [5.74, 6) is -0.219. The molecule has 0 saturated carbocycles. The van der Waals surface area contributed by atoms with Crippen LogP contribution >= 0.6 is 15.9 Å². The van der Waals surface area contributed by atoms with Crippen LogP contribution in [0.15, 0.2) is 45.9 Å². The summed E-state index contributed by atoms with van der Waals surface area (Å²) >= 11 is 3.51. The highest BCUT2D eigenvalue weighted by Crippen LogP contribution is 2.36. The van der Waals surface area contributed by atoms with Crippen LogP contribution in [0.3, 0.4) is 0 Å². The van der Waals surface area contributed by atoms with Gasteiger partial charge in [-0.05, 0) is 30.7 Å². The van der Waals surface area contributed by atoms with Crippen LogP contribution in [0.2, 0.25) is 0 Å². The van der Waals surface area contributed by atoms with Crippen molar-refractivity contribution < 1.29 is 4.39 Å². The van der Waals surface area contributed by atoms with Crippen LogP contribution in [0.5, 0.6) is 0 Å². The maximum Gasteiger partial charge on any atom is 0.147 e. The quantitative estimate of drug-likeness (QED) is 0.759. The van der Waals surface area contributed by atoms with Gasteiger partial charge in [-0.25, -0.2) is 4.39 Å². The van der Waals surface area contributed by atoms with Crippen LogP contribution in [0.1, 0.15) is 11.1 Å². The summed E-state index contributed by atoms with van der Waals surface area (Å²) in [7, 11) is 0. The second-order valence-corrected chi connectivity index (χ2v) is 5.30. The minimum absolute atomic E-state index is 0.219. The highest BCUT2D eigenvalue weighted by Gasteiger charge is 2.21. The van der Waals surface area contributed by atoms with E-state index in [9.17, 15) is 4.39 Å². The van der Waals surface area contributed by atoms with Crippen molar-refractivity contribution in [1.29, 1.82) is 0 Å². The lowest BCUT2D eigenvalue weighted by Gasteiger charge is -2.29. The Hall–Kier alpha value is -1.68. The fourth-order valence-corrected chi connectivity index (χ4v) is 2.65. The van der Waals surface area contributed by atoms with Gasteiger partial charge in [-0.3, -0.25) is 4.99 Å². The molecule has 1 heterocycles. The van der Waals surface area contributed by atoms with Gasteiger partial charge in [0.2, 0.25) is 0 Å². The first-order chi connectivity index (χ1) is 9.18. The maximum atomic E-state index is 14.1. The van der Waals surface area contributed by atoms with Crippen LogP contribution in [-0.4, -0.2) is 12.9 Å². The topological polar surface area (TPSA) is 15.6 Å². The molecule has 4 heteroatoms. The van der Waals surface area contributed by atoms with Crippen molar-refractivity contribution in [2.75, 3.05) is 11.6 Å². The molecule has 0 atom stereocenters. The number of rotatable bonds is 1. The van der Waals surface area contributed by atoms with E-state index in [-0.39, 0.29) is 5.82 Å². The Kier molecular flexibility index (Phi) is 3.11. The van der Waals surface area contributed by atoms with Crippen LogP contribution < -0.4 is 4.90 Å². The van der Waals surface area contributed by atoms with Crippen LogP contribution in [0, 0.1) is 12.7 Å². The van der Waals surface area contributed by atoms with Gasteiger partial charge in [-0.1, -0.05) is 34.1 Å². The fraction of sp³-hybridized carbons (Fsp3) is 0.133. The van der Waals surface area contributed by atoms with Gasteiger partial charge >= 0.3 is 0 Å². The predicted octanol–water partition coefficient (Wildman–Crippen LogP) is 4.42. The van der Waals surface area contributed by atoms with Gasteiger partial charge in [0.05, 0.1) is 5.69 Å². The van der Waals surface area contributed by atoms with Crippen molar-refractivity contribution in [3.05, 3.63) is 57.8 Å². The monoisotopic (exact) mass is 318 g/mol. The van der Waals surface area contributed by atoms with E-state index in [0.717, 1.165) is 21.3 Å². The molecule has 3 rings (SSSR count). The molecule has 2 aromatic rings. The third kappa shape index (κ3) is 2.06. The van der Waals surface area contributed by atoms with Gasteiger partial charge in [0, 0.05) is 21.9 Å². The number of para-hydroxylation sites is 1. The first-order valence-electron chi connectivity index (χ1n) is 5.99. The van der Waals surface area contributed by atoms with Crippen molar-refractivity contribution in [3.63, 3.8) is 0 Å². The highest BCUT2D eigenvalue weighted by atomic mass is 79.9. The van der Waals surface area contributed by atoms with E-state index in [1.165, 1.54) is 6.07 Å². The van der Waals surface area contributed by atoms with Crippen LogP contribution in [0.25, 0.3) is 0 Å². The third-order valence-corrected chi connectivity index (χ3v) is 4.13. The molecule has 0 amide bonds. The zero-order valence-electron chi connectivity index (χ0n) is 10.4. The maximum absolute atomic E-state index is 14.1. The number of nitrogens with zero attached hydrogens (tertiary/aromatic N) is 2. The minimum atomic E-state index is -0.219. The molecular weight excluding hydrogens is 307 g/mol. The summed E-state index contributed by atoms with van der Waals surface area (Å²) in [4.78, 5) is 6.21. The Bertz CT molecular complexity index is 667. The molecule has 96 valence electrons.